The Balaban J connectivity index is 1.38. The van der Waals surface area contributed by atoms with Gasteiger partial charge < -0.3 is 4.57 Å². The Hall–Kier alpha value is -2.44. The average Bonchev–Trinajstić information content (AvgIpc) is 3.43. The third kappa shape index (κ3) is 5.58. The quantitative estimate of drug-likeness (QED) is 0.271. The summed E-state index contributed by atoms with van der Waals surface area (Å²) in [6.45, 7) is 3.92. The second kappa shape index (κ2) is 10.5. The molecule has 1 aliphatic rings. The Labute approximate surface area is 182 Å². The van der Waals surface area contributed by atoms with Crippen molar-refractivity contribution in [2.75, 3.05) is 18.8 Å². The summed E-state index contributed by atoms with van der Waals surface area (Å²) in [6.07, 6.45) is 3.93. The van der Waals surface area contributed by atoms with Crippen LogP contribution in [-0.2, 0) is 13.1 Å². The zero-order valence-corrected chi connectivity index (χ0v) is 18.1. The van der Waals surface area contributed by atoms with E-state index in [-0.39, 0.29) is 5.78 Å². The number of aromatic nitrogens is 3. The number of thioether (sulfide) groups is 1. The first-order valence-corrected chi connectivity index (χ1v) is 11.7. The van der Waals surface area contributed by atoms with Crippen LogP contribution in [0.25, 0.3) is 0 Å². The highest BCUT2D eigenvalue weighted by Crippen LogP contribution is 2.22. The summed E-state index contributed by atoms with van der Waals surface area (Å²) in [6, 6.07) is 20.0. The maximum absolute atomic E-state index is 12.3. The van der Waals surface area contributed by atoms with Crippen molar-refractivity contribution >= 4 is 17.5 Å². The number of carbonyl (C=O) groups is 1. The van der Waals surface area contributed by atoms with Gasteiger partial charge in [-0.25, -0.2) is 0 Å². The van der Waals surface area contributed by atoms with E-state index in [1.54, 1.807) is 11.8 Å². The largest absolute Gasteiger partial charge is 0.300 e. The van der Waals surface area contributed by atoms with Crippen molar-refractivity contribution < 1.29 is 4.79 Å². The average molecular weight is 421 g/mol. The Morgan fingerprint density at radius 1 is 0.900 bits per heavy atom. The molecule has 0 saturated carbocycles. The van der Waals surface area contributed by atoms with Crippen molar-refractivity contribution in [3.63, 3.8) is 0 Å². The van der Waals surface area contributed by atoms with E-state index >= 15 is 0 Å². The van der Waals surface area contributed by atoms with E-state index in [0.29, 0.717) is 6.42 Å². The molecule has 0 amide bonds. The van der Waals surface area contributed by atoms with Gasteiger partial charge in [-0.05, 0) is 37.9 Å². The molecule has 2 heterocycles. The minimum atomic E-state index is 0.205. The fraction of sp³-hybridized carbons (Fsp3) is 0.375. The zero-order chi connectivity index (χ0) is 20.6. The molecule has 0 atom stereocenters. The molecule has 30 heavy (non-hydrogen) atoms. The van der Waals surface area contributed by atoms with Crippen LogP contribution in [0.5, 0.6) is 0 Å². The molecule has 1 fully saturated rings. The first kappa shape index (κ1) is 20.8. The van der Waals surface area contributed by atoms with Gasteiger partial charge in [0.05, 0.1) is 13.1 Å². The number of ketones is 1. The number of rotatable bonds is 10. The summed E-state index contributed by atoms with van der Waals surface area (Å²) in [4.78, 5) is 14.8. The molecule has 4 rings (SSSR count). The molecular weight excluding hydrogens is 392 g/mol. The summed E-state index contributed by atoms with van der Waals surface area (Å²) in [5, 5.41) is 9.96. The molecule has 0 N–H and O–H groups in total. The molecule has 0 spiro atoms. The van der Waals surface area contributed by atoms with E-state index in [9.17, 15) is 4.79 Å². The number of hydrogen-bond donors (Lipinski definition) is 0. The van der Waals surface area contributed by atoms with Gasteiger partial charge in [0.15, 0.2) is 10.9 Å². The van der Waals surface area contributed by atoms with Gasteiger partial charge in [-0.1, -0.05) is 72.4 Å². The summed E-state index contributed by atoms with van der Waals surface area (Å²) >= 11 is 1.70. The molecule has 0 unspecified atom stereocenters. The van der Waals surface area contributed by atoms with Crippen molar-refractivity contribution in [1.29, 1.82) is 0 Å². The molecule has 3 aromatic rings. The fourth-order valence-electron chi connectivity index (χ4n) is 3.77. The van der Waals surface area contributed by atoms with Crippen LogP contribution in [0.2, 0.25) is 0 Å². The van der Waals surface area contributed by atoms with Crippen LogP contribution >= 0.6 is 11.8 Å². The lowest BCUT2D eigenvalue weighted by atomic mass is 10.1. The molecule has 156 valence electrons. The first-order valence-electron chi connectivity index (χ1n) is 10.7. The molecule has 1 aliphatic heterocycles. The summed E-state index contributed by atoms with van der Waals surface area (Å²) in [5.41, 5.74) is 2.05. The highest BCUT2D eigenvalue weighted by atomic mass is 32.2. The zero-order valence-electron chi connectivity index (χ0n) is 17.2. The summed E-state index contributed by atoms with van der Waals surface area (Å²) in [7, 11) is 0. The first-order chi connectivity index (χ1) is 14.8. The number of benzene rings is 2. The van der Waals surface area contributed by atoms with Gasteiger partial charge in [-0.2, -0.15) is 0 Å². The van der Waals surface area contributed by atoms with Crippen molar-refractivity contribution in [2.45, 2.75) is 43.9 Å². The third-order valence-corrected chi connectivity index (χ3v) is 6.47. The second-order valence-corrected chi connectivity index (χ2v) is 8.76. The lowest BCUT2D eigenvalue weighted by Crippen LogP contribution is -2.21. The Kier molecular flexibility index (Phi) is 7.32. The van der Waals surface area contributed by atoms with Gasteiger partial charge >= 0.3 is 0 Å². The van der Waals surface area contributed by atoms with Gasteiger partial charge in [-0.3, -0.25) is 9.69 Å². The van der Waals surface area contributed by atoms with Crippen molar-refractivity contribution in [2.24, 2.45) is 0 Å². The smallest absolute Gasteiger partial charge is 0.191 e. The predicted octanol–water partition coefficient (Wildman–Crippen LogP) is 4.68. The summed E-state index contributed by atoms with van der Waals surface area (Å²) in [5.74, 6) is 2.09. The van der Waals surface area contributed by atoms with E-state index in [2.05, 4.69) is 43.9 Å². The topological polar surface area (TPSA) is 51.0 Å². The number of hydrogen-bond acceptors (Lipinski definition) is 5. The molecular formula is C24H28N4OS. The van der Waals surface area contributed by atoms with Gasteiger partial charge in [0.2, 0.25) is 0 Å². The molecule has 1 saturated heterocycles. The van der Waals surface area contributed by atoms with E-state index in [0.717, 1.165) is 54.9 Å². The molecule has 0 bridgehead atoms. The minimum absolute atomic E-state index is 0.205. The van der Waals surface area contributed by atoms with E-state index in [1.807, 2.05) is 36.4 Å². The maximum Gasteiger partial charge on any atom is 0.191 e. The predicted molar refractivity (Wildman–Crippen MR) is 121 cm³/mol. The van der Waals surface area contributed by atoms with Gasteiger partial charge in [0.25, 0.3) is 0 Å². The van der Waals surface area contributed by atoms with E-state index in [1.165, 1.54) is 18.4 Å². The number of likely N-dealkylation sites (tertiary alicyclic amines) is 1. The van der Waals surface area contributed by atoms with Crippen LogP contribution in [-0.4, -0.2) is 44.3 Å². The molecule has 1 aromatic heterocycles. The van der Waals surface area contributed by atoms with Crippen LogP contribution in [0.15, 0.2) is 65.8 Å². The SMILES string of the molecule is O=C(CCCSc1nnc(CN2CCCC2)n1Cc1ccccc1)c1ccccc1. The monoisotopic (exact) mass is 420 g/mol. The van der Waals surface area contributed by atoms with Crippen molar-refractivity contribution in [3.05, 3.63) is 77.6 Å². The summed E-state index contributed by atoms with van der Waals surface area (Å²) < 4.78 is 2.25. The molecule has 2 aromatic carbocycles. The van der Waals surface area contributed by atoms with Crippen LogP contribution in [0.4, 0.5) is 0 Å². The van der Waals surface area contributed by atoms with Gasteiger partial charge in [0.1, 0.15) is 5.82 Å². The number of nitrogens with zero attached hydrogens (tertiary/aromatic N) is 4. The van der Waals surface area contributed by atoms with Crippen LogP contribution in [0, 0.1) is 0 Å². The fourth-order valence-corrected chi connectivity index (χ4v) is 4.67. The van der Waals surface area contributed by atoms with Crippen LogP contribution in [0.3, 0.4) is 0 Å². The highest BCUT2D eigenvalue weighted by molar-refractivity contribution is 7.99. The number of Topliss-reactive ketones (excluding diaryl/α,β-unsaturated/α-hetero) is 1. The van der Waals surface area contributed by atoms with E-state index < -0.39 is 0 Å². The molecule has 5 nitrogen and oxygen atoms in total. The van der Waals surface area contributed by atoms with Gasteiger partial charge in [-0.15, -0.1) is 10.2 Å². The van der Waals surface area contributed by atoms with E-state index in [4.69, 9.17) is 0 Å². The normalized spacial score (nSPS) is 14.3. The maximum atomic E-state index is 12.3. The Bertz CT molecular complexity index is 936. The lowest BCUT2D eigenvalue weighted by Gasteiger charge is -2.16. The van der Waals surface area contributed by atoms with Gasteiger partial charge in [0, 0.05) is 17.7 Å². The van der Waals surface area contributed by atoms with Crippen molar-refractivity contribution in [1.82, 2.24) is 19.7 Å². The molecule has 6 heteroatoms. The van der Waals surface area contributed by atoms with Crippen LogP contribution in [0.1, 0.15) is 47.4 Å². The minimum Gasteiger partial charge on any atom is -0.300 e. The third-order valence-electron chi connectivity index (χ3n) is 5.42. The van der Waals surface area contributed by atoms with Crippen LogP contribution < -0.4 is 0 Å². The highest BCUT2D eigenvalue weighted by Gasteiger charge is 2.18. The lowest BCUT2D eigenvalue weighted by molar-refractivity contribution is 0.0982. The molecule has 0 radical (unpaired) electrons. The number of carbonyl (C=O) groups excluding carboxylic acids is 1. The Morgan fingerprint density at radius 3 is 2.33 bits per heavy atom. The van der Waals surface area contributed by atoms with Crippen molar-refractivity contribution in [3.8, 4) is 0 Å². The standard InChI is InChI=1S/C24H28N4OS/c29-22(21-12-5-2-6-13-21)14-9-17-30-24-26-25-23(19-27-15-7-8-16-27)28(24)18-20-10-3-1-4-11-20/h1-6,10-13H,7-9,14-19H2. The Morgan fingerprint density at radius 2 is 1.60 bits per heavy atom. The molecule has 0 aliphatic carbocycles. The second-order valence-electron chi connectivity index (χ2n) is 7.70.